The second kappa shape index (κ2) is 7.17. The number of benzene rings is 1. The van der Waals surface area contributed by atoms with E-state index in [1.54, 1.807) is 11.3 Å². The number of quaternary nitrogens is 1. The largest absolute Gasteiger partial charge is 1.00 e. The molecule has 0 saturated heterocycles. The quantitative estimate of drug-likeness (QED) is 0.815. The van der Waals surface area contributed by atoms with Gasteiger partial charge in [-0.1, -0.05) is 36.4 Å². The average molecular weight is 279 g/mol. The predicted octanol–water partition coefficient (Wildman–Crippen LogP) is -0.359. The van der Waals surface area contributed by atoms with Crippen LogP contribution in [0.15, 0.2) is 47.8 Å². The summed E-state index contributed by atoms with van der Waals surface area (Å²) >= 11 is 1.64. The van der Waals surface area contributed by atoms with Crippen molar-refractivity contribution in [3.8, 4) is 6.07 Å². The molecule has 2 atom stereocenters. The Labute approximate surface area is 118 Å². The highest BCUT2D eigenvalue weighted by Crippen LogP contribution is 2.16. The van der Waals surface area contributed by atoms with Crippen molar-refractivity contribution in [2.75, 3.05) is 0 Å². The molecule has 2 aromatic rings. The van der Waals surface area contributed by atoms with Crippen molar-refractivity contribution in [1.29, 1.82) is 5.26 Å². The molecule has 0 aliphatic heterocycles. The molecule has 2 nitrogen and oxygen atoms in total. The Balaban J connectivity index is 0.00000162. The second-order valence-corrected chi connectivity index (χ2v) is 4.99. The van der Waals surface area contributed by atoms with E-state index >= 15 is 0 Å². The fourth-order valence-corrected chi connectivity index (χ4v) is 2.58. The Morgan fingerprint density at radius 3 is 2.44 bits per heavy atom. The first-order valence-corrected chi connectivity index (χ1v) is 6.52. The highest BCUT2D eigenvalue weighted by molar-refractivity contribution is 7.10. The molecule has 0 unspecified atom stereocenters. The van der Waals surface area contributed by atoms with Gasteiger partial charge in [-0.25, -0.2) is 0 Å². The first kappa shape index (κ1) is 14.7. The topological polar surface area (TPSA) is 40.4 Å². The van der Waals surface area contributed by atoms with E-state index in [4.69, 9.17) is 0 Å². The molecular formula is C14H15ClN2S. The van der Waals surface area contributed by atoms with Gasteiger partial charge in [-0.2, -0.15) is 5.26 Å². The molecule has 1 aromatic carbocycles. The minimum Gasteiger partial charge on any atom is -1.00 e. The molecule has 0 spiro atoms. The van der Waals surface area contributed by atoms with Crippen molar-refractivity contribution < 1.29 is 17.7 Å². The monoisotopic (exact) mass is 278 g/mol. The maximum atomic E-state index is 9.22. The summed E-state index contributed by atoms with van der Waals surface area (Å²) in [6.45, 7) is 2.13. The van der Waals surface area contributed by atoms with Gasteiger partial charge in [0.25, 0.3) is 0 Å². The molecule has 0 aliphatic rings. The molecule has 0 radical (unpaired) electrons. The van der Waals surface area contributed by atoms with E-state index in [1.165, 1.54) is 5.56 Å². The van der Waals surface area contributed by atoms with E-state index in [1.807, 2.05) is 35.7 Å². The third-order valence-electron chi connectivity index (χ3n) is 2.80. The van der Waals surface area contributed by atoms with Crippen molar-refractivity contribution >= 4 is 11.3 Å². The van der Waals surface area contributed by atoms with E-state index in [9.17, 15) is 5.26 Å². The van der Waals surface area contributed by atoms with Gasteiger partial charge in [0.05, 0.1) is 4.88 Å². The van der Waals surface area contributed by atoms with Crippen LogP contribution in [0.1, 0.15) is 29.4 Å². The molecule has 18 heavy (non-hydrogen) atoms. The van der Waals surface area contributed by atoms with Gasteiger partial charge in [-0.3, -0.25) is 0 Å². The lowest BCUT2D eigenvalue weighted by Crippen LogP contribution is -3.00. The van der Waals surface area contributed by atoms with Gasteiger partial charge in [-0.15, -0.1) is 11.3 Å². The van der Waals surface area contributed by atoms with Gasteiger partial charge in [0, 0.05) is 5.56 Å². The van der Waals surface area contributed by atoms with E-state index in [0.29, 0.717) is 6.04 Å². The van der Waals surface area contributed by atoms with Crippen LogP contribution in [-0.4, -0.2) is 0 Å². The number of hydrogen-bond donors (Lipinski definition) is 1. The Morgan fingerprint density at radius 1 is 1.17 bits per heavy atom. The van der Waals surface area contributed by atoms with E-state index < -0.39 is 0 Å². The van der Waals surface area contributed by atoms with Gasteiger partial charge in [-0.05, 0) is 18.4 Å². The van der Waals surface area contributed by atoms with Crippen LogP contribution in [0.3, 0.4) is 0 Å². The summed E-state index contributed by atoms with van der Waals surface area (Å²) in [4.78, 5) is 1.12. The molecule has 0 saturated carbocycles. The standard InChI is InChI=1S/C14H14N2S.ClH/c1-11(12-6-3-2-4-7-12)16-13(10-15)14-8-5-9-17-14;/h2-9,11,13,16H,1H3;1H/t11-,13+;/m0./s1. The minimum absolute atomic E-state index is 0. The van der Waals surface area contributed by atoms with Crippen LogP contribution in [-0.2, 0) is 0 Å². The zero-order valence-electron chi connectivity index (χ0n) is 10.1. The molecule has 1 aromatic heterocycles. The number of halogens is 1. The van der Waals surface area contributed by atoms with Crippen molar-refractivity contribution in [3.63, 3.8) is 0 Å². The third kappa shape index (κ3) is 3.58. The smallest absolute Gasteiger partial charge is 0.208 e. The van der Waals surface area contributed by atoms with Gasteiger partial charge < -0.3 is 17.7 Å². The number of nitrogens with zero attached hydrogens (tertiary/aromatic N) is 1. The fourth-order valence-electron chi connectivity index (χ4n) is 1.83. The minimum atomic E-state index is -0.106. The van der Waals surface area contributed by atoms with Crippen LogP contribution in [0.4, 0.5) is 0 Å². The van der Waals surface area contributed by atoms with E-state index in [0.717, 1.165) is 4.88 Å². The Hall–Kier alpha value is -1.34. The number of rotatable bonds is 4. The summed E-state index contributed by atoms with van der Waals surface area (Å²) in [5, 5.41) is 13.3. The van der Waals surface area contributed by atoms with Crippen LogP contribution in [0.25, 0.3) is 0 Å². The molecule has 94 valence electrons. The zero-order chi connectivity index (χ0) is 12.1. The van der Waals surface area contributed by atoms with Gasteiger partial charge in [0.15, 0.2) is 0 Å². The van der Waals surface area contributed by atoms with Crippen LogP contribution in [0.2, 0.25) is 0 Å². The molecule has 0 aliphatic carbocycles. The van der Waals surface area contributed by atoms with Gasteiger partial charge in [0.2, 0.25) is 6.04 Å². The maximum absolute atomic E-state index is 9.22. The summed E-state index contributed by atoms with van der Waals surface area (Å²) in [5.41, 5.74) is 1.25. The molecule has 1 heterocycles. The van der Waals surface area contributed by atoms with Gasteiger partial charge >= 0.3 is 0 Å². The summed E-state index contributed by atoms with van der Waals surface area (Å²) in [6, 6.07) is 16.8. The van der Waals surface area contributed by atoms with Crippen molar-refractivity contribution in [3.05, 3.63) is 58.3 Å². The average Bonchev–Trinajstić information content (AvgIpc) is 2.90. The fraction of sp³-hybridized carbons (Fsp3) is 0.214. The molecule has 4 heteroatoms. The SMILES string of the molecule is C[C@H]([NH2+][C@H](C#N)c1cccs1)c1ccccc1.[Cl-]. The normalized spacial score (nSPS) is 13.1. The van der Waals surface area contributed by atoms with Crippen LogP contribution >= 0.6 is 11.3 Å². The van der Waals surface area contributed by atoms with Crippen LogP contribution in [0.5, 0.6) is 0 Å². The van der Waals surface area contributed by atoms with Crippen molar-refractivity contribution in [2.45, 2.75) is 19.0 Å². The van der Waals surface area contributed by atoms with Crippen LogP contribution < -0.4 is 17.7 Å². The van der Waals surface area contributed by atoms with E-state index in [-0.39, 0.29) is 18.4 Å². The zero-order valence-corrected chi connectivity index (χ0v) is 11.7. The predicted molar refractivity (Wildman–Crippen MR) is 69.5 cm³/mol. The van der Waals surface area contributed by atoms with E-state index in [2.05, 4.69) is 30.4 Å². The lowest BCUT2D eigenvalue weighted by molar-refractivity contribution is -0.719. The first-order chi connectivity index (χ1) is 8.31. The number of thiophene rings is 1. The summed E-state index contributed by atoms with van der Waals surface area (Å²) < 4.78 is 0. The second-order valence-electron chi connectivity index (χ2n) is 4.01. The summed E-state index contributed by atoms with van der Waals surface area (Å²) in [6.07, 6.45) is 0. The number of nitriles is 1. The maximum Gasteiger partial charge on any atom is 0.208 e. The molecule has 2 N–H and O–H groups in total. The van der Waals surface area contributed by atoms with Gasteiger partial charge in [0.1, 0.15) is 12.1 Å². The Bertz CT molecular complexity index is 490. The first-order valence-electron chi connectivity index (χ1n) is 5.64. The van der Waals surface area contributed by atoms with Crippen molar-refractivity contribution in [2.24, 2.45) is 0 Å². The Morgan fingerprint density at radius 2 is 1.89 bits per heavy atom. The number of nitrogens with two attached hydrogens (primary N) is 1. The molecule has 2 rings (SSSR count). The molecule has 0 fully saturated rings. The molecule has 0 bridgehead atoms. The lowest BCUT2D eigenvalue weighted by Gasteiger charge is -2.14. The van der Waals surface area contributed by atoms with Crippen molar-refractivity contribution in [1.82, 2.24) is 0 Å². The third-order valence-corrected chi connectivity index (χ3v) is 3.75. The Kier molecular flexibility index (Phi) is 5.87. The number of hydrogen-bond acceptors (Lipinski definition) is 2. The van der Waals surface area contributed by atoms with Crippen LogP contribution in [0, 0.1) is 11.3 Å². The highest BCUT2D eigenvalue weighted by Gasteiger charge is 2.19. The summed E-state index contributed by atoms with van der Waals surface area (Å²) in [7, 11) is 0. The molecular weight excluding hydrogens is 264 g/mol. The highest BCUT2D eigenvalue weighted by atomic mass is 35.5. The lowest BCUT2D eigenvalue weighted by atomic mass is 10.1. The molecule has 0 amide bonds. The summed E-state index contributed by atoms with van der Waals surface area (Å²) in [5.74, 6) is 0.